The van der Waals surface area contributed by atoms with Gasteiger partial charge in [0.05, 0.1) is 25.1 Å². The fourth-order valence-electron chi connectivity index (χ4n) is 2.39. The third-order valence-electron chi connectivity index (χ3n) is 3.78. The third-order valence-corrected chi connectivity index (χ3v) is 4.72. The minimum Gasteiger partial charge on any atom is -0.472 e. The number of hydrogen-bond acceptors (Lipinski definition) is 4. The van der Waals surface area contributed by atoms with Crippen molar-refractivity contribution in [2.24, 2.45) is 0 Å². The van der Waals surface area contributed by atoms with E-state index in [1.807, 2.05) is 54.8 Å². The van der Waals surface area contributed by atoms with E-state index in [0.717, 1.165) is 21.6 Å². The molecule has 3 aromatic rings. The minimum absolute atomic E-state index is 0.228. The summed E-state index contributed by atoms with van der Waals surface area (Å²) in [6.45, 7) is 2.16. The van der Waals surface area contributed by atoms with E-state index < -0.39 is 11.8 Å². The van der Waals surface area contributed by atoms with Crippen LogP contribution in [-0.4, -0.2) is 11.8 Å². The van der Waals surface area contributed by atoms with Gasteiger partial charge in [-0.15, -0.1) is 11.3 Å². The van der Waals surface area contributed by atoms with Gasteiger partial charge in [-0.05, 0) is 35.6 Å². The SMILES string of the molecule is CC(NC(=O)C(=O)NCc1cc(-c2ccoc2)cs1)c1ccccc1. The van der Waals surface area contributed by atoms with Crippen LogP contribution in [-0.2, 0) is 16.1 Å². The molecular formula is C19H18N2O3S. The summed E-state index contributed by atoms with van der Waals surface area (Å²) in [5.74, 6) is -1.27. The summed E-state index contributed by atoms with van der Waals surface area (Å²) in [5.41, 5.74) is 2.97. The van der Waals surface area contributed by atoms with Gasteiger partial charge >= 0.3 is 11.8 Å². The molecule has 6 heteroatoms. The number of thiophene rings is 1. The topological polar surface area (TPSA) is 71.3 Å². The maximum absolute atomic E-state index is 12.0. The average molecular weight is 354 g/mol. The lowest BCUT2D eigenvalue weighted by Gasteiger charge is -2.13. The standard InChI is InChI=1S/C19H18N2O3S/c1-13(14-5-3-2-4-6-14)21-19(23)18(22)20-10-17-9-16(12-25-17)15-7-8-24-11-15/h2-9,11-13H,10H2,1H3,(H,20,22)(H,21,23). The van der Waals surface area contributed by atoms with E-state index >= 15 is 0 Å². The fourth-order valence-corrected chi connectivity index (χ4v) is 3.22. The number of carbonyl (C=O) groups excluding carboxylic acids is 2. The van der Waals surface area contributed by atoms with E-state index in [1.165, 1.54) is 11.3 Å². The summed E-state index contributed by atoms with van der Waals surface area (Å²) < 4.78 is 5.06. The van der Waals surface area contributed by atoms with Crippen molar-refractivity contribution in [3.05, 3.63) is 70.8 Å². The zero-order valence-corrected chi connectivity index (χ0v) is 14.5. The molecule has 2 heterocycles. The lowest BCUT2D eigenvalue weighted by Crippen LogP contribution is -2.40. The minimum atomic E-state index is -0.638. The van der Waals surface area contributed by atoms with Crippen molar-refractivity contribution in [2.75, 3.05) is 0 Å². The van der Waals surface area contributed by atoms with Crippen molar-refractivity contribution in [2.45, 2.75) is 19.5 Å². The Kier molecular flexibility index (Phi) is 5.30. The zero-order valence-electron chi connectivity index (χ0n) is 13.7. The van der Waals surface area contributed by atoms with E-state index in [2.05, 4.69) is 10.6 Å². The zero-order chi connectivity index (χ0) is 17.6. The Bertz CT molecular complexity index is 841. The second kappa shape index (κ2) is 7.81. The molecule has 0 aliphatic heterocycles. The highest BCUT2D eigenvalue weighted by Crippen LogP contribution is 2.25. The highest BCUT2D eigenvalue weighted by atomic mass is 32.1. The molecule has 25 heavy (non-hydrogen) atoms. The predicted molar refractivity (Wildman–Crippen MR) is 96.9 cm³/mol. The van der Waals surface area contributed by atoms with Crippen molar-refractivity contribution in [1.82, 2.24) is 10.6 Å². The van der Waals surface area contributed by atoms with E-state index in [0.29, 0.717) is 6.54 Å². The van der Waals surface area contributed by atoms with Gasteiger partial charge in [0.15, 0.2) is 0 Å². The number of benzene rings is 1. The maximum Gasteiger partial charge on any atom is 0.309 e. The van der Waals surface area contributed by atoms with Gasteiger partial charge < -0.3 is 15.1 Å². The summed E-state index contributed by atoms with van der Waals surface area (Å²) in [7, 11) is 0. The van der Waals surface area contributed by atoms with Crippen LogP contribution in [0.2, 0.25) is 0 Å². The first-order chi connectivity index (χ1) is 12.1. The molecule has 0 fully saturated rings. The van der Waals surface area contributed by atoms with E-state index in [1.54, 1.807) is 12.5 Å². The molecule has 1 aromatic carbocycles. The quantitative estimate of drug-likeness (QED) is 0.689. The fraction of sp³-hybridized carbons (Fsp3) is 0.158. The Hall–Kier alpha value is -2.86. The first kappa shape index (κ1) is 17.0. The summed E-state index contributed by atoms with van der Waals surface area (Å²) in [6.07, 6.45) is 3.29. The smallest absolute Gasteiger partial charge is 0.309 e. The van der Waals surface area contributed by atoms with Crippen LogP contribution in [0.15, 0.2) is 64.8 Å². The maximum atomic E-state index is 12.0. The van der Waals surface area contributed by atoms with Crippen LogP contribution >= 0.6 is 11.3 Å². The molecule has 0 saturated heterocycles. The lowest BCUT2D eigenvalue weighted by atomic mass is 10.1. The number of amides is 2. The van der Waals surface area contributed by atoms with Crippen molar-refractivity contribution in [1.29, 1.82) is 0 Å². The van der Waals surface area contributed by atoms with E-state index in [9.17, 15) is 9.59 Å². The number of rotatable bonds is 5. The van der Waals surface area contributed by atoms with Crippen molar-refractivity contribution >= 4 is 23.2 Å². The van der Waals surface area contributed by atoms with Gasteiger partial charge in [0, 0.05) is 10.4 Å². The molecule has 1 atom stereocenters. The van der Waals surface area contributed by atoms with Gasteiger partial charge in [-0.1, -0.05) is 30.3 Å². The number of carbonyl (C=O) groups is 2. The highest BCUT2D eigenvalue weighted by Gasteiger charge is 2.17. The molecular weight excluding hydrogens is 336 g/mol. The summed E-state index contributed by atoms with van der Waals surface area (Å²) in [5, 5.41) is 7.34. The van der Waals surface area contributed by atoms with E-state index in [4.69, 9.17) is 4.42 Å². The number of furan rings is 1. The average Bonchev–Trinajstić information content (AvgIpc) is 3.31. The van der Waals surface area contributed by atoms with Crippen LogP contribution in [0, 0.1) is 0 Å². The van der Waals surface area contributed by atoms with Gasteiger partial charge in [0.1, 0.15) is 0 Å². The van der Waals surface area contributed by atoms with Crippen molar-refractivity contribution < 1.29 is 14.0 Å². The molecule has 0 bridgehead atoms. The van der Waals surface area contributed by atoms with Crippen LogP contribution in [0.3, 0.4) is 0 Å². The van der Waals surface area contributed by atoms with Crippen molar-refractivity contribution in [3.63, 3.8) is 0 Å². The summed E-state index contributed by atoms with van der Waals surface area (Å²) >= 11 is 1.52. The molecule has 128 valence electrons. The van der Waals surface area contributed by atoms with Crippen LogP contribution < -0.4 is 10.6 Å². The van der Waals surface area contributed by atoms with Crippen LogP contribution in [0.5, 0.6) is 0 Å². The highest BCUT2D eigenvalue weighted by molar-refractivity contribution is 7.10. The van der Waals surface area contributed by atoms with Crippen molar-refractivity contribution in [3.8, 4) is 11.1 Å². The Labute approximate surface area is 149 Å². The molecule has 2 N–H and O–H groups in total. The molecule has 2 amide bonds. The molecule has 0 spiro atoms. The number of nitrogens with one attached hydrogen (secondary N) is 2. The summed E-state index contributed by atoms with van der Waals surface area (Å²) in [6, 6.07) is 13.1. The Morgan fingerprint density at radius 3 is 2.64 bits per heavy atom. The number of hydrogen-bond donors (Lipinski definition) is 2. The van der Waals surface area contributed by atoms with Gasteiger partial charge in [-0.2, -0.15) is 0 Å². The monoisotopic (exact) mass is 354 g/mol. The van der Waals surface area contributed by atoms with Gasteiger partial charge in [-0.3, -0.25) is 9.59 Å². The van der Waals surface area contributed by atoms with Gasteiger partial charge in [0.25, 0.3) is 0 Å². The molecule has 1 unspecified atom stereocenters. The second-order valence-corrected chi connectivity index (χ2v) is 6.60. The second-order valence-electron chi connectivity index (χ2n) is 5.60. The van der Waals surface area contributed by atoms with Crippen LogP contribution in [0.25, 0.3) is 11.1 Å². The largest absolute Gasteiger partial charge is 0.472 e. The normalized spacial score (nSPS) is 11.7. The molecule has 0 saturated carbocycles. The molecule has 5 nitrogen and oxygen atoms in total. The van der Waals surface area contributed by atoms with Gasteiger partial charge in [-0.25, -0.2) is 0 Å². The predicted octanol–water partition coefficient (Wildman–Crippen LogP) is 3.50. The molecule has 2 aromatic heterocycles. The van der Waals surface area contributed by atoms with E-state index in [-0.39, 0.29) is 6.04 Å². The molecule has 3 rings (SSSR count). The first-order valence-corrected chi connectivity index (χ1v) is 8.75. The van der Waals surface area contributed by atoms with Crippen LogP contribution in [0.4, 0.5) is 0 Å². The molecule has 0 aliphatic carbocycles. The third kappa shape index (κ3) is 4.36. The first-order valence-electron chi connectivity index (χ1n) is 7.87. The Balaban J connectivity index is 1.51. The molecule has 0 aliphatic rings. The molecule has 0 radical (unpaired) electrons. The summed E-state index contributed by atoms with van der Waals surface area (Å²) in [4.78, 5) is 25.0. The lowest BCUT2D eigenvalue weighted by molar-refractivity contribution is -0.139. The Morgan fingerprint density at radius 1 is 1.12 bits per heavy atom. The van der Waals surface area contributed by atoms with Crippen LogP contribution in [0.1, 0.15) is 23.4 Å². The van der Waals surface area contributed by atoms with Gasteiger partial charge in [0.2, 0.25) is 0 Å². The Morgan fingerprint density at radius 2 is 1.92 bits per heavy atom.